The van der Waals surface area contributed by atoms with Crippen LogP contribution in [0.15, 0.2) is 34.2 Å². The van der Waals surface area contributed by atoms with E-state index in [0.717, 1.165) is 32.0 Å². The highest BCUT2D eigenvalue weighted by Gasteiger charge is 2.32. The zero-order valence-electron chi connectivity index (χ0n) is 16.3. The van der Waals surface area contributed by atoms with Gasteiger partial charge in [0.15, 0.2) is 5.96 Å². The van der Waals surface area contributed by atoms with Crippen LogP contribution in [0.4, 0.5) is 0 Å². The van der Waals surface area contributed by atoms with Crippen molar-refractivity contribution in [1.82, 2.24) is 14.9 Å². The molecule has 1 aromatic rings. The van der Waals surface area contributed by atoms with Crippen molar-refractivity contribution < 1.29 is 17.9 Å². The van der Waals surface area contributed by atoms with E-state index in [-0.39, 0.29) is 47.6 Å². The fraction of sp³-hybridized carbons (Fsp3) is 0.611. The molecular weight excluding hydrogens is 531 g/mol. The summed E-state index contributed by atoms with van der Waals surface area (Å²) < 4.78 is 38.8. The Kier molecular flexibility index (Phi) is 9.89. The first-order valence-corrected chi connectivity index (χ1v) is 11.3. The maximum Gasteiger partial charge on any atom is 0.240 e. The molecule has 0 bridgehead atoms. The number of morpholine rings is 1. The summed E-state index contributed by atoms with van der Waals surface area (Å²) in [6.07, 6.45) is 2.28. The van der Waals surface area contributed by atoms with Crippen LogP contribution < -0.4 is 10.0 Å². The fourth-order valence-corrected chi connectivity index (χ4v) is 4.73. The van der Waals surface area contributed by atoms with E-state index in [1.165, 1.54) is 12.1 Å². The molecule has 1 aromatic carbocycles. The van der Waals surface area contributed by atoms with Crippen molar-refractivity contribution in [2.24, 2.45) is 4.99 Å². The summed E-state index contributed by atoms with van der Waals surface area (Å²) in [7, 11) is -1.88. The number of nitrogens with zero attached hydrogens (tertiary/aromatic N) is 2. The first kappa shape index (κ1) is 24.6. The van der Waals surface area contributed by atoms with Crippen molar-refractivity contribution in [3.8, 4) is 0 Å². The fourth-order valence-electron chi connectivity index (χ4n) is 3.40. The Morgan fingerprint density at radius 1 is 1.28 bits per heavy atom. The second kappa shape index (κ2) is 11.7. The molecule has 2 saturated heterocycles. The van der Waals surface area contributed by atoms with Gasteiger partial charge < -0.3 is 19.7 Å². The van der Waals surface area contributed by atoms with Crippen LogP contribution in [0.3, 0.4) is 0 Å². The van der Waals surface area contributed by atoms with Gasteiger partial charge in [0, 0.05) is 44.9 Å². The van der Waals surface area contributed by atoms with Gasteiger partial charge in [-0.1, -0.05) is 17.7 Å². The number of hydrogen-bond donors (Lipinski definition) is 2. The number of rotatable bonds is 6. The number of sulfonamides is 1. The Morgan fingerprint density at radius 3 is 2.76 bits per heavy atom. The van der Waals surface area contributed by atoms with Gasteiger partial charge in [0.2, 0.25) is 10.0 Å². The van der Waals surface area contributed by atoms with Crippen LogP contribution in [-0.4, -0.2) is 77.9 Å². The molecule has 0 saturated carbocycles. The molecule has 2 atom stereocenters. The summed E-state index contributed by atoms with van der Waals surface area (Å²) in [5.41, 5.74) is 0. The van der Waals surface area contributed by atoms with Crippen molar-refractivity contribution in [2.75, 3.05) is 46.4 Å². The lowest BCUT2D eigenvalue weighted by Gasteiger charge is -2.37. The molecule has 0 aromatic heterocycles. The topological polar surface area (TPSA) is 92.3 Å². The third-order valence-corrected chi connectivity index (χ3v) is 6.48. The molecular formula is C18H28ClIN4O4S. The monoisotopic (exact) mass is 558 g/mol. The van der Waals surface area contributed by atoms with Gasteiger partial charge in [0.05, 0.1) is 17.6 Å². The zero-order chi connectivity index (χ0) is 20.0. The summed E-state index contributed by atoms with van der Waals surface area (Å²) >= 11 is 5.87. The third kappa shape index (κ3) is 6.93. The average Bonchev–Trinajstić information content (AvgIpc) is 3.23. The Morgan fingerprint density at radius 2 is 2.07 bits per heavy atom. The van der Waals surface area contributed by atoms with Crippen LogP contribution in [0, 0.1) is 0 Å². The van der Waals surface area contributed by atoms with Gasteiger partial charge >= 0.3 is 0 Å². The first-order valence-electron chi connectivity index (χ1n) is 9.43. The average molecular weight is 559 g/mol. The van der Waals surface area contributed by atoms with Crippen LogP contribution in [0.2, 0.25) is 5.02 Å². The minimum absolute atomic E-state index is 0. The lowest BCUT2D eigenvalue weighted by atomic mass is 10.1. The van der Waals surface area contributed by atoms with Crippen LogP contribution in [-0.2, 0) is 19.5 Å². The lowest BCUT2D eigenvalue weighted by molar-refractivity contribution is -0.0816. The maximum atomic E-state index is 12.3. The van der Waals surface area contributed by atoms with E-state index in [4.69, 9.17) is 21.1 Å². The van der Waals surface area contributed by atoms with Crippen molar-refractivity contribution >= 4 is 51.6 Å². The van der Waals surface area contributed by atoms with Gasteiger partial charge in [-0.3, -0.25) is 4.99 Å². The van der Waals surface area contributed by atoms with E-state index in [0.29, 0.717) is 24.7 Å². The van der Waals surface area contributed by atoms with Crippen LogP contribution in [0.1, 0.15) is 12.8 Å². The normalized spacial score (nSPS) is 23.0. The number of hydrogen-bond acceptors (Lipinski definition) is 5. The van der Waals surface area contributed by atoms with E-state index in [1.54, 1.807) is 19.2 Å². The van der Waals surface area contributed by atoms with E-state index in [9.17, 15) is 8.42 Å². The molecule has 8 nitrogen and oxygen atoms in total. The number of ether oxygens (including phenoxy) is 2. The highest BCUT2D eigenvalue weighted by molar-refractivity contribution is 14.0. The molecule has 2 heterocycles. The summed E-state index contributed by atoms with van der Waals surface area (Å²) in [4.78, 5) is 6.59. The number of nitrogens with one attached hydrogen (secondary N) is 2. The lowest BCUT2D eigenvalue weighted by Crippen LogP contribution is -2.54. The van der Waals surface area contributed by atoms with Gasteiger partial charge in [0.25, 0.3) is 0 Å². The highest BCUT2D eigenvalue weighted by atomic mass is 127. The van der Waals surface area contributed by atoms with Gasteiger partial charge in [-0.05, 0) is 31.0 Å². The number of aliphatic imine (C=N–C) groups is 1. The Hall–Kier alpha value is -0.660. The summed E-state index contributed by atoms with van der Waals surface area (Å²) in [5.74, 6) is 0.730. The molecule has 0 aliphatic carbocycles. The minimum Gasteiger partial charge on any atom is -0.375 e. The molecule has 29 heavy (non-hydrogen) atoms. The Bertz CT molecular complexity index is 790. The third-order valence-electron chi connectivity index (χ3n) is 4.79. The molecule has 2 aliphatic rings. The number of guanidine groups is 1. The molecule has 2 N–H and O–H groups in total. The highest BCUT2D eigenvalue weighted by Crippen LogP contribution is 2.21. The molecule has 2 aliphatic heterocycles. The quantitative estimate of drug-likeness (QED) is 0.239. The van der Waals surface area contributed by atoms with Gasteiger partial charge in [-0.2, -0.15) is 0 Å². The van der Waals surface area contributed by atoms with E-state index >= 15 is 0 Å². The van der Waals surface area contributed by atoms with Gasteiger partial charge in [-0.15, -0.1) is 24.0 Å². The van der Waals surface area contributed by atoms with Crippen LogP contribution in [0.5, 0.6) is 0 Å². The van der Waals surface area contributed by atoms with Crippen molar-refractivity contribution in [3.05, 3.63) is 29.3 Å². The number of benzene rings is 1. The van der Waals surface area contributed by atoms with Crippen LogP contribution in [0.25, 0.3) is 0 Å². The predicted molar refractivity (Wildman–Crippen MR) is 124 cm³/mol. The smallest absolute Gasteiger partial charge is 0.240 e. The number of halogens is 2. The Labute approximate surface area is 194 Å². The molecule has 2 fully saturated rings. The van der Waals surface area contributed by atoms with Gasteiger partial charge in [0.1, 0.15) is 6.10 Å². The Balaban J connectivity index is 0.00000300. The van der Waals surface area contributed by atoms with Gasteiger partial charge in [-0.25, -0.2) is 13.1 Å². The van der Waals surface area contributed by atoms with Crippen LogP contribution >= 0.6 is 35.6 Å². The zero-order valence-corrected chi connectivity index (χ0v) is 20.2. The SMILES string of the molecule is CN=C(NCCNS(=O)(=O)c1cccc(Cl)c1)N1CCOC(C2CCCO2)C1.I. The van der Waals surface area contributed by atoms with Crippen molar-refractivity contribution in [3.63, 3.8) is 0 Å². The summed E-state index contributed by atoms with van der Waals surface area (Å²) in [6, 6.07) is 6.19. The maximum absolute atomic E-state index is 12.3. The second-order valence-corrected chi connectivity index (χ2v) is 8.94. The molecule has 2 unspecified atom stereocenters. The van der Waals surface area contributed by atoms with E-state index in [2.05, 4.69) is 19.9 Å². The van der Waals surface area contributed by atoms with Crippen molar-refractivity contribution in [2.45, 2.75) is 29.9 Å². The standard InChI is InChI=1S/C18H27ClN4O4S.HI/c1-20-18(23-9-11-27-17(13-23)16-6-3-10-26-16)21-7-8-22-28(24,25)15-5-2-4-14(19)12-15;/h2,4-5,12,16-17,22H,3,6-11,13H2,1H3,(H,20,21);1H. The van der Waals surface area contributed by atoms with E-state index < -0.39 is 10.0 Å². The second-order valence-electron chi connectivity index (χ2n) is 6.74. The van der Waals surface area contributed by atoms with E-state index in [1.807, 2.05) is 0 Å². The molecule has 0 amide bonds. The van der Waals surface area contributed by atoms with Crippen molar-refractivity contribution in [1.29, 1.82) is 0 Å². The molecule has 3 rings (SSSR count). The molecule has 11 heteroatoms. The largest absolute Gasteiger partial charge is 0.375 e. The molecule has 164 valence electrons. The first-order chi connectivity index (χ1) is 13.5. The molecule has 0 radical (unpaired) electrons. The molecule has 0 spiro atoms. The summed E-state index contributed by atoms with van der Waals surface area (Å²) in [5, 5.41) is 3.60. The summed E-state index contributed by atoms with van der Waals surface area (Å²) in [6.45, 7) is 3.49. The minimum atomic E-state index is -3.60. The predicted octanol–water partition coefficient (Wildman–Crippen LogP) is 1.69.